The van der Waals surface area contributed by atoms with Crippen LogP contribution in [0.15, 0.2) is 47.4 Å². The van der Waals surface area contributed by atoms with E-state index in [1.165, 1.54) is 12.1 Å². The first kappa shape index (κ1) is 19.2. The molecule has 2 aromatic rings. The van der Waals surface area contributed by atoms with Gasteiger partial charge in [0.05, 0.1) is 21.7 Å². The first-order valence-electron chi connectivity index (χ1n) is 8.15. The lowest BCUT2D eigenvalue weighted by Crippen LogP contribution is -2.29. The number of nitrogens with one attached hydrogen (secondary N) is 2. The Morgan fingerprint density at radius 3 is 2.38 bits per heavy atom. The lowest BCUT2D eigenvalue weighted by Gasteiger charge is -2.16. The van der Waals surface area contributed by atoms with Crippen molar-refractivity contribution in [2.24, 2.45) is 0 Å². The molecule has 0 saturated heterocycles. The number of sulfonamides is 1. The molecule has 26 heavy (non-hydrogen) atoms. The van der Waals surface area contributed by atoms with Gasteiger partial charge in [0.15, 0.2) is 0 Å². The number of halogens is 2. The molecule has 8 heteroatoms. The first-order chi connectivity index (χ1) is 12.3. The number of hydrogen-bond acceptors (Lipinski definition) is 3. The van der Waals surface area contributed by atoms with E-state index < -0.39 is 15.9 Å². The van der Waals surface area contributed by atoms with Crippen LogP contribution in [0.4, 0.5) is 0 Å². The predicted molar refractivity (Wildman–Crippen MR) is 102 cm³/mol. The Bertz CT molecular complexity index is 929. The highest BCUT2D eigenvalue weighted by Gasteiger charge is 2.30. The van der Waals surface area contributed by atoms with Crippen LogP contribution >= 0.6 is 23.2 Å². The normalized spacial score (nSPS) is 15.5. The fraction of sp³-hybridized carbons (Fsp3) is 0.278. The Morgan fingerprint density at radius 1 is 1.12 bits per heavy atom. The summed E-state index contributed by atoms with van der Waals surface area (Å²) < 4.78 is 27.5. The molecule has 1 fully saturated rings. The summed E-state index contributed by atoms with van der Waals surface area (Å²) in [4.78, 5) is 12.5. The summed E-state index contributed by atoms with van der Waals surface area (Å²) in [7, 11) is -3.80. The summed E-state index contributed by atoms with van der Waals surface area (Å²) >= 11 is 12.2. The molecule has 5 nitrogen and oxygen atoms in total. The van der Waals surface area contributed by atoms with Gasteiger partial charge in [-0.05, 0) is 37.5 Å². The zero-order valence-corrected chi connectivity index (χ0v) is 16.3. The maximum atomic E-state index is 12.6. The molecule has 138 valence electrons. The maximum absolute atomic E-state index is 12.6. The fourth-order valence-electron chi connectivity index (χ4n) is 2.49. The topological polar surface area (TPSA) is 75.3 Å². The van der Waals surface area contributed by atoms with Crippen molar-refractivity contribution in [2.75, 3.05) is 0 Å². The summed E-state index contributed by atoms with van der Waals surface area (Å²) in [6, 6.07) is 11.6. The van der Waals surface area contributed by atoms with E-state index in [2.05, 4.69) is 10.0 Å². The third kappa shape index (κ3) is 4.38. The SMILES string of the molecule is CC(NC(=O)c1cc(S(=O)(=O)NC2CC2)c(Cl)cc1Cl)c1ccccc1. The molecule has 1 aliphatic carbocycles. The Kier molecular flexibility index (Phi) is 5.58. The Balaban J connectivity index is 1.87. The molecule has 0 radical (unpaired) electrons. The molecule has 0 spiro atoms. The molecule has 0 aliphatic heterocycles. The average Bonchev–Trinajstić information content (AvgIpc) is 3.38. The van der Waals surface area contributed by atoms with Crippen LogP contribution in [0.3, 0.4) is 0 Å². The molecule has 0 heterocycles. The largest absolute Gasteiger partial charge is 0.345 e. The van der Waals surface area contributed by atoms with E-state index in [-0.39, 0.29) is 32.6 Å². The molecule has 0 aromatic heterocycles. The highest BCUT2D eigenvalue weighted by molar-refractivity contribution is 7.89. The van der Waals surface area contributed by atoms with Crippen molar-refractivity contribution in [1.82, 2.24) is 10.0 Å². The molecule has 2 N–H and O–H groups in total. The van der Waals surface area contributed by atoms with Crippen LogP contribution in [0.25, 0.3) is 0 Å². The van der Waals surface area contributed by atoms with Crippen molar-refractivity contribution in [1.29, 1.82) is 0 Å². The fourth-order valence-corrected chi connectivity index (χ4v) is 4.66. The van der Waals surface area contributed by atoms with Gasteiger partial charge < -0.3 is 5.32 Å². The summed E-state index contributed by atoms with van der Waals surface area (Å²) in [6.45, 7) is 1.84. The van der Waals surface area contributed by atoms with Crippen LogP contribution in [0, 0.1) is 0 Å². The first-order valence-corrected chi connectivity index (χ1v) is 10.4. The van der Waals surface area contributed by atoms with E-state index in [1.807, 2.05) is 37.3 Å². The zero-order valence-electron chi connectivity index (χ0n) is 14.0. The monoisotopic (exact) mass is 412 g/mol. The lowest BCUT2D eigenvalue weighted by atomic mass is 10.1. The van der Waals surface area contributed by atoms with Gasteiger partial charge in [0.2, 0.25) is 10.0 Å². The van der Waals surface area contributed by atoms with Gasteiger partial charge in [-0.25, -0.2) is 13.1 Å². The van der Waals surface area contributed by atoms with Crippen LogP contribution in [-0.4, -0.2) is 20.4 Å². The molecule has 2 aromatic carbocycles. The minimum atomic E-state index is -3.80. The van der Waals surface area contributed by atoms with E-state index >= 15 is 0 Å². The minimum Gasteiger partial charge on any atom is -0.345 e. The molecule has 1 saturated carbocycles. The Hall–Kier alpha value is -1.60. The molecule has 1 aliphatic rings. The number of rotatable bonds is 6. The van der Waals surface area contributed by atoms with Gasteiger partial charge in [0.25, 0.3) is 5.91 Å². The van der Waals surface area contributed by atoms with Crippen LogP contribution in [0.5, 0.6) is 0 Å². The van der Waals surface area contributed by atoms with Gasteiger partial charge in [-0.2, -0.15) is 0 Å². The summed E-state index contributed by atoms with van der Waals surface area (Å²) in [5, 5.41) is 2.90. The van der Waals surface area contributed by atoms with Crippen molar-refractivity contribution in [3.8, 4) is 0 Å². The van der Waals surface area contributed by atoms with Crippen molar-refractivity contribution >= 4 is 39.1 Å². The van der Waals surface area contributed by atoms with Gasteiger partial charge in [-0.1, -0.05) is 53.5 Å². The highest BCUT2D eigenvalue weighted by Crippen LogP contribution is 2.31. The highest BCUT2D eigenvalue weighted by atomic mass is 35.5. The van der Waals surface area contributed by atoms with E-state index in [1.54, 1.807) is 0 Å². The average molecular weight is 413 g/mol. The predicted octanol–water partition coefficient (Wildman–Crippen LogP) is 3.93. The zero-order chi connectivity index (χ0) is 18.9. The van der Waals surface area contributed by atoms with Crippen LogP contribution in [-0.2, 0) is 10.0 Å². The number of benzene rings is 2. The third-order valence-corrected chi connectivity index (χ3v) is 6.40. The summed E-state index contributed by atoms with van der Waals surface area (Å²) in [6.07, 6.45) is 1.60. The second-order valence-corrected chi connectivity index (χ2v) is 8.76. The van der Waals surface area contributed by atoms with E-state index in [0.29, 0.717) is 0 Å². The van der Waals surface area contributed by atoms with Gasteiger partial charge >= 0.3 is 0 Å². The van der Waals surface area contributed by atoms with Gasteiger partial charge in [-0.3, -0.25) is 4.79 Å². The van der Waals surface area contributed by atoms with Gasteiger partial charge in [-0.15, -0.1) is 0 Å². The number of amides is 1. The van der Waals surface area contributed by atoms with Crippen LogP contribution in [0.1, 0.15) is 41.7 Å². The number of carbonyl (C=O) groups is 1. The van der Waals surface area contributed by atoms with E-state index in [0.717, 1.165) is 18.4 Å². The van der Waals surface area contributed by atoms with Gasteiger partial charge in [0.1, 0.15) is 4.90 Å². The molecular formula is C18H18Cl2N2O3S. The molecule has 0 bridgehead atoms. The van der Waals surface area contributed by atoms with Crippen LogP contribution < -0.4 is 10.0 Å². The molecule has 1 unspecified atom stereocenters. The summed E-state index contributed by atoms with van der Waals surface area (Å²) in [5.41, 5.74) is 0.990. The van der Waals surface area contributed by atoms with E-state index in [9.17, 15) is 13.2 Å². The van der Waals surface area contributed by atoms with Crippen molar-refractivity contribution in [2.45, 2.75) is 36.7 Å². The number of carbonyl (C=O) groups excluding carboxylic acids is 1. The lowest BCUT2D eigenvalue weighted by molar-refractivity contribution is 0.0940. The number of hydrogen-bond donors (Lipinski definition) is 2. The molecule has 1 atom stereocenters. The Morgan fingerprint density at radius 2 is 1.77 bits per heavy atom. The second-order valence-electron chi connectivity index (χ2n) is 6.26. The Labute approximate surface area is 162 Å². The molecule has 3 rings (SSSR count). The van der Waals surface area contributed by atoms with Gasteiger partial charge in [0, 0.05) is 6.04 Å². The molecule has 1 amide bonds. The van der Waals surface area contributed by atoms with Crippen LogP contribution in [0.2, 0.25) is 10.0 Å². The third-order valence-electron chi connectivity index (χ3n) is 4.10. The van der Waals surface area contributed by atoms with Crippen molar-refractivity contribution in [3.63, 3.8) is 0 Å². The van der Waals surface area contributed by atoms with E-state index in [4.69, 9.17) is 23.2 Å². The maximum Gasteiger partial charge on any atom is 0.253 e. The second kappa shape index (κ2) is 7.56. The smallest absolute Gasteiger partial charge is 0.253 e. The molecular weight excluding hydrogens is 395 g/mol. The summed E-state index contributed by atoms with van der Waals surface area (Å²) in [5.74, 6) is -0.467. The van der Waals surface area contributed by atoms with Crippen molar-refractivity contribution < 1.29 is 13.2 Å². The quantitative estimate of drug-likeness (QED) is 0.754. The minimum absolute atomic E-state index is 0.0178. The van der Waals surface area contributed by atoms with Crippen molar-refractivity contribution in [3.05, 3.63) is 63.6 Å². The standard InChI is InChI=1S/C18H18Cl2N2O3S/c1-11(12-5-3-2-4-6-12)21-18(23)14-9-17(16(20)10-15(14)19)26(24,25)22-13-7-8-13/h2-6,9-11,13,22H,7-8H2,1H3,(H,21,23).